The summed E-state index contributed by atoms with van der Waals surface area (Å²) in [6.07, 6.45) is -2.07. The Morgan fingerprint density at radius 3 is 2.41 bits per heavy atom. The van der Waals surface area contributed by atoms with Gasteiger partial charge >= 0.3 is 6.36 Å². The third kappa shape index (κ3) is 8.36. The lowest BCUT2D eigenvalue weighted by atomic mass is 9.79. The lowest BCUT2D eigenvalue weighted by Gasteiger charge is -2.37. The number of methoxy groups -OCH3 is 1. The summed E-state index contributed by atoms with van der Waals surface area (Å²) in [5.74, 6) is -0.340. The Morgan fingerprint density at radius 2 is 1.85 bits per heavy atom. The van der Waals surface area contributed by atoms with Gasteiger partial charge in [-0.15, -0.1) is 25.6 Å². The van der Waals surface area contributed by atoms with Crippen LogP contribution in [0.1, 0.15) is 24.8 Å². The quantitative estimate of drug-likeness (QED) is 0.691. The van der Waals surface area contributed by atoms with Crippen molar-refractivity contribution in [1.82, 2.24) is 10.6 Å². The van der Waals surface area contributed by atoms with Gasteiger partial charge in [-0.3, -0.25) is 4.79 Å². The molecule has 1 aliphatic heterocycles. The largest absolute Gasteiger partial charge is 0.573 e. The van der Waals surface area contributed by atoms with Gasteiger partial charge in [0.05, 0.1) is 6.61 Å². The Kier molecular flexibility index (Phi) is 9.35. The molecule has 2 rings (SSSR count). The minimum Gasteiger partial charge on any atom is -0.406 e. The van der Waals surface area contributed by atoms with E-state index in [-0.39, 0.29) is 35.9 Å². The van der Waals surface area contributed by atoms with Crippen molar-refractivity contribution < 1.29 is 27.4 Å². The molecule has 0 aliphatic carbocycles. The molecule has 0 atom stereocenters. The first-order chi connectivity index (χ1) is 12.3. The Bertz CT molecular complexity index is 571. The van der Waals surface area contributed by atoms with Crippen LogP contribution in [0.5, 0.6) is 5.75 Å². The monoisotopic (exact) mass is 410 g/mol. The summed E-state index contributed by atoms with van der Waals surface area (Å²) < 4.78 is 45.5. The summed E-state index contributed by atoms with van der Waals surface area (Å²) >= 11 is 0. The number of carbonyl (C=O) groups is 1. The summed E-state index contributed by atoms with van der Waals surface area (Å²) in [7, 11) is 1.66. The molecule has 0 saturated carbocycles. The number of hydrogen-bond acceptors (Lipinski definition) is 4. The Hall–Kier alpha value is -1.51. The molecule has 1 aromatic rings. The van der Waals surface area contributed by atoms with Crippen LogP contribution in [0.15, 0.2) is 24.3 Å². The van der Waals surface area contributed by atoms with E-state index >= 15 is 0 Å². The first kappa shape index (κ1) is 23.5. The molecule has 1 fully saturated rings. The number of benzene rings is 1. The van der Waals surface area contributed by atoms with Gasteiger partial charge in [-0.25, -0.2) is 0 Å². The molecule has 1 heterocycles. The standard InChI is InChI=1S/C18H25F3N2O3.ClH/c1-25-13-17(8-10-22-11-9-17)12-23-16(24)7-4-14-2-5-15(6-3-14)26-18(19,20)21;/h2-3,5-6,22H,4,7-13H2,1H3,(H,23,24);1H. The molecule has 1 aromatic carbocycles. The van der Waals surface area contributed by atoms with E-state index in [1.165, 1.54) is 24.3 Å². The van der Waals surface area contributed by atoms with Crippen LogP contribution in [0.3, 0.4) is 0 Å². The Labute approximate surface area is 163 Å². The number of ether oxygens (including phenoxy) is 2. The lowest BCUT2D eigenvalue weighted by Crippen LogP contribution is -2.47. The highest BCUT2D eigenvalue weighted by atomic mass is 35.5. The molecule has 5 nitrogen and oxygen atoms in total. The average molecular weight is 411 g/mol. The van der Waals surface area contributed by atoms with E-state index < -0.39 is 6.36 Å². The molecule has 1 aliphatic rings. The first-order valence-corrected chi connectivity index (χ1v) is 8.63. The van der Waals surface area contributed by atoms with Crippen molar-refractivity contribution in [3.8, 4) is 5.75 Å². The highest BCUT2D eigenvalue weighted by molar-refractivity contribution is 5.85. The van der Waals surface area contributed by atoms with Crippen molar-refractivity contribution in [2.24, 2.45) is 5.41 Å². The fourth-order valence-corrected chi connectivity index (χ4v) is 3.13. The van der Waals surface area contributed by atoms with Gasteiger partial charge in [-0.1, -0.05) is 12.1 Å². The van der Waals surface area contributed by atoms with Crippen molar-refractivity contribution in [2.75, 3.05) is 33.4 Å². The number of alkyl halides is 3. The van der Waals surface area contributed by atoms with Crippen molar-refractivity contribution in [2.45, 2.75) is 32.0 Å². The molecular weight excluding hydrogens is 385 g/mol. The van der Waals surface area contributed by atoms with Gasteiger partial charge in [0.1, 0.15) is 5.75 Å². The van der Waals surface area contributed by atoms with E-state index in [0.717, 1.165) is 31.5 Å². The number of amides is 1. The maximum Gasteiger partial charge on any atom is 0.573 e. The van der Waals surface area contributed by atoms with E-state index in [4.69, 9.17) is 4.74 Å². The molecule has 0 radical (unpaired) electrons. The molecular formula is C18H26ClF3N2O3. The highest BCUT2D eigenvalue weighted by Gasteiger charge is 2.32. The molecule has 154 valence electrons. The second-order valence-electron chi connectivity index (χ2n) is 6.65. The second-order valence-corrected chi connectivity index (χ2v) is 6.65. The van der Waals surface area contributed by atoms with E-state index in [2.05, 4.69) is 15.4 Å². The van der Waals surface area contributed by atoms with Crippen LogP contribution in [0.2, 0.25) is 0 Å². The summed E-state index contributed by atoms with van der Waals surface area (Å²) in [5, 5.41) is 6.27. The summed E-state index contributed by atoms with van der Waals surface area (Å²) in [4.78, 5) is 12.1. The molecule has 0 bridgehead atoms. The van der Waals surface area contributed by atoms with E-state index in [1.807, 2.05) is 0 Å². The van der Waals surface area contributed by atoms with Crippen LogP contribution in [0, 0.1) is 5.41 Å². The number of halogens is 4. The SMILES string of the molecule is COCC1(CNC(=O)CCc2ccc(OC(F)(F)F)cc2)CCNCC1.Cl. The molecule has 1 amide bonds. The molecule has 1 saturated heterocycles. The van der Waals surface area contributed by atoms with Crippen molar-refractivity contribution in [3.05, 3.63) is 29.8 Å². The van der Waals surface area contributed by atoms with Crippen LogP contribution >= 0.6 is 12.4 Å². The van der Waals surface area contributed by atoms with Crippen LogP contribution in [0.4, 0.5) is 13.2 Å². The van der Waals surface area contributed by atoms with E-state index in [1.54, 1.807) is 7.11 Å². The zero-order valence-corrected chi connectivity index (χ0v) is 16.0. The average Bonchev–Trinajstić information content (AvgIpc) is 2.59. The van der Waals surface area contributed by atoms with Crippen molar-refractivity contribution in [1.29, 1.82) is 0 Å². The van der Waals surface area contributed by atoms with Crippen LogP contribution < -0.4 is 15.4 Å². The van der Waals surface area contributed by atoms with Crippen LogP contribution in [-0.4, -0.2) is 45.6 Å². The van der Waals surface area contributed by atoms with Gasteiger partial charge in [0, 0.05) is 25.5 Å². The third-order valence-corrected chi connectivity index (χ3v) is 4.57. The number of carbonyl (C=O) groups excluding carboxylic acids is 1. The number of rotatable bonds is 8. The minimum atomic E-state index is -4.70. The van der Waals surface area contributed by atoms with E-state index in [0.29, 0.717) is 19.6 Å². The zero-order valence-electron chi connectivity index (χ0n) is 15.2. The molecule has 2 N–H and O–H groups in total. The smallest absolute Gasteiger partial charge is 0.406 e. The number of hydrogen-bond donors (Lipinski definition) is 2. The van der Waals surface area contributed by atoms with Gasteiger partial charge in [0.15, 0.2) is 0 Å². The zero-order chi connectivity index (χ0) is 19.0. The Morgan fingerprint density at radius 1 is 1.22 bits per heavy atom. The second kappa shape index (κ2) is 10.7. The number of nitrogens with one attached hydrogen (secondary N) is 2. The number of piperidine rings is 1. The Balaban J connectivity index is 0.00000364. The molecule has 0 spiro atoms. The van der Waals surface area contributed by atoms with Crippen molar-refractivity contribution in [3.63, 3.8) is 0 Å². The van der Waals surface area contributed by atoms with Gasteiger partial charge in [-0.2, -0.15) is 0 Å². The molecule has 0 unspecified atom stereocenters. The third-order valence-electron chi connectivity index (χ3n) is 4.57. The molecule has 27 heavy (non-hydrogen) atoms. The topological polar surface area (TPSA) is 59.6 Å². The maximum absolute atomic E-state index is 12.1. The van der Waals surface area contributed by atoms with Crippen LogP contribution in [0.25, 0.3) is 0 Å². The highest BCUT2D eigenvalue weighted by Crippen LogP contribution is 2.28. The maximum atomic E-state index is 12.1. The number of aryl methyl sites for hydroxylation is 1. The van der Waals surface area contributed by atoms with Gasteiger partial charge < -0.3 is 20.1 Å². The molecule has 0 aromatic heterocycles. The summed E-state index contributed by atoms with van der Waals surface area (Å²) in [6, 6.07) is 5.58. The van der Waals surface area contributed by atoms with Gasteiger partial charge in [0.2, 0.25) is 5.91 Å². The van der Waals surface area contributed by atoms with Crippen molar-refractivity contribution >= 4 is 18.3 Å². The predicted molar refractivity (Wildman–Crippen MR) is 98.1 cm³/mol. The fourth-order valence-electron chi connectivity index (χ4n) is 3.13. The minimum absolute atomic E-state index is 0. The van der Waals surface area contributed by atoms with Gasteiger partial charge in [0.25, 0.3) is 0 Å². The normalized spacial score (nSPS) is 16.3. The summed E-state index contributed by atoms with van der Waals surface area (Å²) in [6.45, 7) is 2.99. The fraction of sp³-hybridized carbons (Fsp3) is 0.611. The lowest BCUT2D eigenvalue weighted by molar-refractivity contribution is -0.274. The van der Waals surface area contributed by atoms with E-state index in [9.17, 15) is 18.0 Å². The summed E-state index contributed by atoms with van der Waals surface area (Å²) in [5.41, 5.74) is 0.745. The first-order valence-electron chi connectivity index (χ1n) is 8.63. The predicted octanol–water partition coefficient (Wildman–Crippen LogP) is 3.07. The van der Waals surface area contributed by atoms with Crippen LogP contribution in [-0.2, 0) is 16.0 Å². The molecule has 9 heteroatoms. The van der Waals surface area contributed by atoms with Gasteiger partial charge in [-0.05, 0) is 50.0 Å².